The topological polar surface area (TPSA) is 52.0 Å². The van der Waals surface area contributed by atoms with Crippen molar-refractivity contribution in [3.05, 3.63) is 10.4 Å². The van der Waals surface area contributed by atoms with E-state index in [9.17, 15) is 0 Å². The van der Waals surface area contributed by atoms with E-state index in [1.54, 1.807) is 0 Å². The molecule has 0 amide bonds. The number of likely N-dealkylation sites (N-methyl/N-ethyl adjacent to an activating group) is 1. The Bertz CT molecular complexity index is 158. The fourth-order valence-electron chi connectivity index (χ4n) is 1.26. The van der Waals surface area contributed by atoms with Gasteiger partial charge < -0.3 is 4.90 Å². The van der Waals surface area contributed by atoms with E-state index in [1.807, 2.05) is 0 Å². The van der Waals surface area contributed by atoms with Crippen LogP contribution in [0.2, 0.25) is 0 Å². The van der Waals surface area contributed by atoms with Crippen molar-refractivity contribution < 1.29 is 0 Å². The molecule has 0 aromatic heterocycles. The second-order valence-corrected chi connectivity index (χ2v) is 2.81. The molecule has 4 heteroatoms. The SMILES string of the molecule is CCN(CCN=[N+]=[N-])C1CC1. The lowest BCUT2D eigenvalue weighted by Crippen LogP contribution is -2.28. The summed E-state index contributed by atoms with van der Waals surface area (Å²) in [6.07, 6.45) is 2.65. The molecule has 0 spiro atoms. The van der Waals surface area contributed by atoms with Crippen LogP contribution in [0.3, 0.4) is 0 Å². The molecule has 0 bridgehead atoms. The first kappa shape index (κ1) is 8.37. The Morgan fingerprint density at radius 1 is 1.64 bits per heavy atom. The van der Waals surface area contributed by atoms with Crippen LogP contribution in [0.1, 0.15) is 19.8 Å². The summed E-state index contributed by atoms with van der Waals surface area (Å²) in [5, 5.41) is 3.51. The van der Waals surface area contributed by atoms with E-state index in [2.05, 4.69) is 21.8 Å². The van der Waals surface area contributed by atoms with Gasteiger partial charge in [0.05, 0.1) is 0 Å². The van der Waals surface area contributed by atoms with Gasteiger partial charge in [-0.15, -0.1) is 0 Å². The quantitative estimate of drug-likeness (QED) is 0.338. The molecule has 4 nitrogen and oxygen atoms in total. The van der Waals surface area contributed by atoms with Gasteiger partial charge in [0, 0.05) is 24.0 Å². The molecule has 1 aliphatic carbocycles. The lowest BCUT2D eigenvalue weighted by Gasteiger charge is -2.17. The highest BCUT2D eigenvalue weighted by Gasteiger charge is 2.26. The molecule has 0 aromatic carbocycles. The lowest BCUT2D eigenvalue weighted by molar-refractivity contribution is 0.286. The molecule has 0 aliphatic heterocycles. The van der Waals surface area contributed by atoms with Crippen LogP contribution in [0.5, 0.6) is 0 Å². The number of azide groups is 1. The first-order valence-corrected chi connectivity index (χ1v) is 4.13. The minimum absolute atomic E-state index is 0.612. The van der Waals surface area contributed by atoms with Crippen LogP contribution < -0.4 is 0 Å². The maximum absolute atomic E-state index is 8.05. The first-order valence-electron chi connectivity index (χ1n) is 4.13. The van der Waals surface area contributed by atoms with E-state index in [0.717, 1.165) is 19.1 Å². The normalized spacial score (nSPS) is 16.5. The average molecular weight is 154 g/mol. The molecular formula is C7H14N4. The van der Waals surface area contributed by atoms with E-state index < -0.39 is 0 Å². The molecule has 0 aromatic rings. The maximum Gasteiger partial charge on any atom is 0.0385 e. The van der Waals surface area contributed by atoms with E-state index >= 15 is 0 Å². The van der Waals surface area contributed by atoms with Crippen LogP contribution in [-0.4, -0.2) is 30.6 Å². The van der Waals surface area contributed by atoms with Gasteiger partial charge in [0.2, 0.25) is 0 Å². The van der Waals surface area contributed by atoms with Gasteiger partial charge in [0.1, 0.15) is 0 Å². The van der Waals surface area contributed by atoms with E-state index in [0.29, 0.717) is 6.54 Å². The van der Waals surface area contributed by atoms with Crippen molar-refractivity contribution >= 4 is 0 Å². The predicted octanol–water partition coefficient (Wildman–Crippen LogP) is 1.78. The third kappa shape index (κ3) is 2.78. The van der Waals surface area contributed by atoms with E-state index in [-0.39, 0.29) is 0 Å². The lowest BCUT2D eigenvalue weighted by atomic mass is 10.4. The molecule has 0 saturated heterocycles. The summed E-state index contributed by atoms with van der Waals surface area (Å²) in [6, 6.07) is 0.786. The van der Waals surface area contributed by atoms with Crippen molar-refractivity contribution in [2.45, 2.75) is 25.8 Å². The zero-order chi connectivity index (χ0) is 8.10. The second-order valence-electron chi connectivity index (χ2n) is 2.81. The molecular weight excluding hydrogens is 140 g/mol. The minimum Gasteiger partial charge on any atom is -0.301 e. The van der Waals surface area contributed by atoms with Gasteiger partial charge in [-0.05, 0) is 24.9 Å². The van der Waals surface area contributed by atoms with Crippen molar-refractivity contribution in [1.82, 2.24) is 4.90 Å². The largest absolute Gasteiger partial charge is 0.301 e. The Balaban J connectivity index is 2.14. The fourth-order valence-corrected chi connectivity index (χ4v) is 1.26. The molecule has 0 atom stereocenters. The Morgan fingerprint density at radius 2 is 2.36 bits per heavy atom. The van der Waals surface area contributed by atoms with Crippen LogP contribution in [0.15, 0.2) is 5.11 Å². The van der Waals surface area contributed by atoms with Crippen molar-refractivity contribution in [3.8, 4) is 0 Å². The Morgan fingerprint density at radius 3 is 2.82 bits per heavy atom. The molecule has 62 valence electrons. The summed E-state index contributed by atoms with van der Waals surface area (Å²) < 4.78 is 0. The van der Waals surface area contributed by atoms with E-state index in [1.165, 1.54) is 12.8 Å². The fraction of sp³-hybridized carbons (Fsp3) is 1.00. The summed E-state index contributed by atoms with van der Waals surface area (Å²) >= 11 is 0. The van der Waals surface area contributed by atoms with Gasteiger partial charge in [-0.1, -0.05) is 12.0 Å². The van der Waals surface area contributed by atoms with Crippen molar-refractivity contribution in [2.75, 3.05) is 19.6 Å². The highest BCUT2D eigenvalue weighted by molar-refractivity contribution is 4.83. The molecule has 1 rings (SSSR count). The van der Waals surface area contributed by atoms with Crippen molar-refractivity contribution in [3.63, 3.8) is 0 Å². The first-order chi connectivity index (χ1) is 5.38. The minimum atomic E-state index is 0.612. The molecule has 0 radical (unpaired) electrons. The van der Waals surface area contributed by atoms with Gasteiger partial charge >= 0.3 is 0 Å². The maximum atomic E-state index is 8.05. The average Bonchev–Trinajstić information content (AvgIpc) is 2.81. The number of hydrogen-bond donors (Lipinski definition) is 0. The predicted molar refractivity (Wildman–Crippen MR) is 44.3 cm³/mol. The number of rotatable bonds is 5. The highest BCUT2D eigenvalue weighted by Crippen LogP contribution is 2.25. The number of hydrogen-bond acceptors (Lipinski definition) is 2. The zero-order valence-corrected chi connectivity index (χ0v) is 6.90. The van der Waals surface area contributed by atoms with E-state index in [4.69, 9.17) is 5.53 Å². The summed E-state index contributed by atoms with van der Waals surface area (Å²) in [4.78, 5) is 5.09. The monoisotopic (exact) mass is 154 g/mol. The molecule has 1 fully saturated rings. The van der Waals surface area contributed by atoms with Crippen LogP contribution in [0, 0.1) is 0 Å². The van der Waals surface area contributed by atoms with Gasteiger partial charge in [-0.3, -0.25) is 0 Å². The molecule has 0 N–H and O–H groups in total. The summed E-state index contributed by atoms with van der Waals surface area (Å²) in [5.41, 5.74) is 8.05. The van der Waals surface area contributed by atoms with Crippen LogP contribution in [0.25, 0.3) is 10.4 Å². The standard InChI is InChI=1S/C7H14N4/c1-2-11(7-3-4-7)6-5-9-10-8/h7H,2-6H2,1H3. The van der Waals surface area contributed by atoms with Crippen LogP contribution >= 0.6 is 0 Å². The molecule has 11 heavy (non-hydrogen) atoms. The molecule has 1 saturated carbocycles. The summed E-state index contributed by atoms with van der Waals surface area (Å²) in [6.45, 7) is 4.76. The molecule has 0 heterocycles. The molecule has 0 unspecified atom stereocenters. The Labute approximate surface area is 66.8 Å². The Kier molecular flexibility index (Phi) is 3.20. The third-order valence-electron chi connectivity index (χ3n) is 2.02. The third-order valence-corrected chi connectivity index (χ3v) is 2.02. The highest BCUT2D eigenvalue weighted by atomic mass is 15.2. The molecule has 1 aliphatic rings. The smallest absolute Gasteiger partial charge is 0.0385 e. The summed E-state index contributed by atoms with van der Waals surface area (Å²) in [7, 11) is 0. The van der Waals surface area contributed by atoms with Gasteiger partial charge in [-0.2, -0.15) is 0 Å². The van der Waals surface area contributed by atoms with Gasteiger partial charge in [0.15, 0.2) is 0 Å². The van der Waals surface area contributed by atoms with Crippen molar-refractivity contribution in [2.24, 2.45) is 5.11 Å². The van der Waals surface area contributed by atoms with Crippen LogP contribution in [-0.2, 0) is 0 Å². The van der Waals surface area contributed by atoms with Gasteiger partial charge in [-0.25, -0.2) is 0 Å². The number of nitrogens with zero attached hydrogens (tertiary/aromatic N) is 4. The van der Waals surface area contributed by atoms with Crippen molar-refractivity contribution in [1.29, 1.82) is 0 Å². The zero-order valence-electron chi connectivity index (χ0n) is 6.90. The van der Waals surface area contributed by atoms with Gasteiger partial charge in [0.25, 0.3) is 0 Å². The van der Waals surface area contributed by atoms with Crippen LogP contribution in [0.4, 0.5) is 0 Å². The Hall–Kier alpha value is -0.730. The second kappa shape index (κ2) is 4.21. The summed E-state index contributed by atoms with van der Waals surface area (Å²) in [5.74, 6) is 0.